The number of aromatic amines is 1. The van der Waals surface area contributed by atoms with E-state index in [0.717, 1.165) is 31.2 Å². The summed E-state index contributed by atoms with van der Waals surface area (Å²) in [6.07, 6.45) is 13.6. The van der Waals surface area contributed by atoms with E-state index in [1.807, 2.05) is 0 Å². The summed E-state index contributed by atoms with van der Waals surface area (Å²) in [7, 11) is 1.70. The molecule has 0 atom stereocenters. The predicted molar refractivity (Wildman–Crippen MR) is 92.6 cm³/mol. The zero-order chi connectivity index (χ0) is 16.4. The Morgan fingerprint density at radius 1 is 0.955 bits per heavy atom. The van der Waals surface area contributed by atoms with Gasteiger partial charge in [0.15, 0.2) is 0 Å². The van der Waals surface area contributed by atoms with Crippen molar-refractivity contribution < 1.29 is 0 Å². The number of nitrogens with zero attached hydrogens (tertiary/aromatic N) is 1. The largest absolute Gasteiger partial charge is 0.328 e. The van der Waals surface area contributed by atoms with Gasteiger partial charge < -0.3 is 4.57 Å². The highest BCUT2D eigenvalue weighted by molar-refractivity contribution is 5.11. The van der Waals surface area contributed by atoms with Gasteiger partial charge in [0.25, 0.3) is 5.56 Å². The Hall–Kier alpha value is -1.32. The Bertz CT molecular complexity index is 519. The van der Waals surface area contributed by atoms with Gasteiger partial charge in [-0.05, 0) is 18.8 Å². The van der Waals surface area contributed by atoms with Crippen molar-refractivity contribution in [3.8, 4) is 0 Å². The zero-order valence-electron chi connectivity index (χ0n) is 14.5. The summed E-state index contributed by atoms with van der Waals surface area (Å²) in [5, 5.41) is 0. The third kappa shape index (κ3) is 6.20. The minimum Gasteiger partial charge on any atom is -0.303 e. The van der Waals surface area contributed by atoms with Crippen LogP contribution in [0.4, 0.5) is 0 Å². The first-order valence-electron chi connectivity index (χ1n) is 8.90. The molecule has 126 valence electrons. The van der Waals surface area contributed by atoms with Gasteiger partial charge >= 0.3 is 5.69 Å². The van der Waals surface area contributed by atoms with E-state index < -0.39 is 0 Å². The molecule has 0 saturated heterocycles. The molecule has 1 rings (SSSR count). The fraction of sp³-hybridized carbons (Fsp3) is 0.778. The van der Waals surface area contributed by atoms with Gasteiger partial charge in [0, 0.05) is 18.8 Å². The lowest BCUT2D eigenvalue weighted by Crippen LogP contribution is -2.31. The monoisotopic (exact) mass is 308 g/mol. The van der Waals surface area contributed by atoms with E-state index in [4.69, 9.17) is 0 Å². The van der Waals surface area contributed by atoms with Crippen molar-refractivity contribution in [2.24, 2.45) is 7.05 Å². The molecule has 0 spiro atoms. The molecule has 0 aliphatic rings. The molecule has 0 bridgehead atoms. The second-order valence-corrected chi connectivity index (χ2v) is 6.35. The molecule has 4 nitrogen and oxygen atoms in total. The van der Waals surface area contributed by atoms with E-state index in [1.165, 1.54) is 43.1 Å². The molecule has 0 unspecified atom stereocenters. The number of aromatic nitrogens is 2. The molecule has 1 heterocycles. The van der Waals surface area contributed by atoms with Crippen LogP contribution >= 0.6 is 0 Å². The Balaban J connectivity index is 2.76. The molecule has 0 amide bonds. The van der Waals surface area contributed by atoms with E-state index in [0.29, 0.717) is 0 Å². The average molecular weight is 308 g/mol. The van der Waals surface area contributed by atoms with Crippen molar-refractivity contribution >= 4 is 0 Å². The first-order valence-corrected chi connectivity index (χ1v) is 8.90. The van der Waals surface area contributed by atoms with Crippen LogP contribution in [0.3, 0.4) is 0 Å². The van der Waals surface area contributed by atoms with Gasteiger partial charge in [-0.2, -0.15) is 0 Å². The summed E-state index contributed by atoms with van der Waals surface area (Å²) >= 11 is 0. The van der Waals surface area contributed by atoms with Crippen molar-refractivity contribution in [2.45, 2.75) is 84.0 Å². The van der Waals surface area contributed by atoms with Crippen LogP contribution in [0.25, 0.3) is 0 Å². The van der Waals surface area contributed by atoms with Gasteiger partial charge in [0.2, 0.25) is 0 Å². The summed E-state index contributed by atoms with van der Waals surface area (Å²) < 4.78 is 1.49. The van der Waals surface area contributed by atoms with Crippen LogP contribution in [0, 0.1) is 0 Å². The number of hydrogen-bond acceptors (Lipinski definition) is 2. The molecule has 1 aromatic heterocycles. The Morgan fingerprint density at radius 2 is 1.50 bits per heavy atom. The van der Waals surface area contributed by atoms with Crippen LogP contribution < -0.4 is 11.2 Å². The standard InChI is InChI=1S/C18H32N2O2/c1-4-6-8-10-12-15(13-11-9-7-5-2)16-14-20(3)18(22)19-17(16)21/h14-15H,4-13H2,1-3H3,(H,19,21,22). The van der Waals surface area contributed by atoms with Crippen molar-refractivity contribution in [1.82, 2.24) is 9.55 Å². The van der Waals surface area contributed by atoms with Crippen LogP contribution in [0.15, 0.2) is 15.8 Å². The van der Waals surface area contributed by atoms with Crippen LogP contribution in [-0.4, -0.2) is 9.55 Å². The lowest BCUT2D eigenvalue weighted by Gasteiger charge is -2.17. The molecule has 0 aromatic carbocycles. The Kier molecular flexibility index (Phi) is 8.86. The van der Waals surface area contributed by atoms with Crippen LogP contribution in [-0.2, 0) is 7.05 Å². The lowest BCUT2D eigenvalue weighted by atomic mass is 9.89. The summed E-state index contributed by atoms with van der Waals surface area (Å²) in [6, 6.07) is 0. The minimum atomic E-state index is -0.329. The highest BCUT2D eigenvalue weighted by Gasteiger charge is 2.16. The first-order chi connectivity index (χ1) is 10.6. The molecule has 0 radical (unpaired) electrons. The first kappa shape index (κ1) is 18.7. The van der Waals surface area contributed by atoms with Crippen molar-refractivity contribution in [1.29, 1.82) is 0 Å². The van der Waals surface area contributed by atoms with E-state index in [1.54, 1.807) is 13.2 Å². The second-order valence-electron chi connectivity index (χ2n) is 6.35. The second kappa shape index (κ2) is 10.4. The van der Waals surface area contributed by atoms with Gasteiger partial charge in [0.1, 0.15) is 0 Å². The summed E-state index contributed by atoms with van der Waals surface area (Å²) in [5.41, 5.74) is 0.263. The molecule has 0 aliphatic heterocycles. The van der Waals surface area contributed by atoms with E-state index in [-0.39, 0.29) is 17.2 Å². The van der Waals surface area contributed by atoms with Gasteiger partial charge in [-0.15, -0.1) is 0 Å². The van der Waals surface area contributed by atoms with Gasteiger partial charge in [-0.25, -0.2) is 4.79 Å². The number of unbranched alkanes of at least 4 members (excludes halogenated alkanes) is 6. The van der Waals surface area contributed by atoms with Crippen molar-refractivity contribution in [3.05, 3.63) is 32.6 Å². The third-order valence-electron chi connectivity index (χ3n) is 4.39. The fourth-order valence-electron chi connectivity index (χ4n) is 2.96. The Labute approximate surface area is 134 Å². The quantitative estimate of drug-likeness (QED) is 0.626. The van der Waals surface area contributed by atoms with E-state index in [2.05, 4.69) is 18.8 Å². The van der Waals surface area contributed by atoms with Crippen LogP contribution in [0.1, 0.15) is 89.5 Å². The summed E-state index contributed by atoms with van der Waals surface area (Å²) in [6.45, 7) is 4.42. The molecule has 0 saturated carbocycles. The molecule has 0 fully saturated rings. The zero-order valence-corrected chi connectivity index (χ0v) is 14.5. The highest BCUT2D eigenvalue weighted by Crippen LogP contribution is 2.26. The number of H-pyrrole nitrogens is 1. The van der Waals surface area contributed by atoms with Gasteiger partial charge in [-0.3, -0.25) is 9.78 Å². The summed E-state index contributed by atoms with van der Waals surface area (Å²) in [4.78, 5) is 26.1. The number of nitrogens with one attached hydrogen (secondary N) is 1. The van der Waals surface area contributed by atoms with Crippen molar-refractivity contribution in [2.75, 3.05) is 0 Å². The smallest absolute Gasteiger partial charge is 0.303 e. The van der Waals surface area contributed by atoms with Gasteiger partial charge in [-0.1, -0.05) is 65.2 Å². The molecule has 0 aliphatic carbocycles. The van der Waals surface area contributed by atoms with E-state index >= 15 is 0 Å². The molecule has 4 heteroatoms. The maximum absolute atomic E-state index is 12.1. The maximum Gasteiger partial charge on any atom is 0.328 e. The predicted octanol–water partition coefficient (Wildman–Crippen LogP) is 4.10. The number of aryl methyl sites for hydroxylation is 1. The molecular formula is C18H32N2O2. The third-order valence-corrected chi connectivity index (χ3v) is 4.39. The molecule has 1 N–H and O–H groups in total. The average Bonchev–Trinajstić information content (AvgIpc) is 2.50. The van der Waals surface area contributed by atoms with Crippen LogP contribution in [0.5, 0.6) is 0 Å². The number of hydrogen-bond donors (Lipinski definition) is 1. The minimum absolute atomic E-state index is 0.195. The van der Waals surface area contributed by atoms with Crippen molar-refractivity contribution in [3.63, 3.8) is 0 Å². The SMILES string of the molecule is CCCCCCC(CCCCCC)c1cn(C)c(=O)[nH]c1=O. The van der Waals surface area contributed by atoms with Crippen LogP contribution in [0.2, 0.25) is 0 Å². The summed E-state index contributed by atoms with van der Waals surface area (Å²) in [5.74, 6) is 0.282. The molecule has 22 heavy (non-hydrogen) atoms. The lowest BCUT2D eigenvalue weighted by molar-refractivity contribution is 0.489. The number of rotatable bonds is 11. The topological polar surface area (TPSA) is 54.9 Å². The van der Waals surface area contributed by atoms with E-state index in [9.17, 15) is 9.59 Å². The molecular weight excluding hydrogens is 276 g/mol. The van der Waals surface area contributed by atoms with Gasteiger partial charge in [0.05, 0.1) is 0 Å². The normalized spacial score (nSPS) is 11.3. The highest BCUT2D eigenvalue weighted by atomic mass is 16.2. The maximum atomic E-state index is 12.1. The Morgan fingerprint density at radius 3 is 2.00 bits per heavy atom. The fourth-order valence-corrected chi connectivity index (χ4v) is 2.96. The molecule has 1 aromatic rings.